The van der Waals surface area contributed by atoms with Gasteiger partial charge in [0.1, 0.15) is 0 Å². The van der Waals surface area contributed by atoms with Crippen LogP contribution in [0.5, 0.6) is 0 Å². The zero-order valence-electron chi connectivity index (χ0n) is 9.76. The maximum absolute atomic E-state index is 2.52. The van der Waals surface area contributed by atoms with Crippen LogP contribution in [0.25, 0.3) is 6.08 Å². The molecule has 1 aliphatic carbocycles. The fourth-order valence-corrected chi connectivity index (χ4v) is 9.72. The van der Waals surface area contributed by atoms with E-state index < -0.39 is 8.07 Å². The Balaban J connectivity index is 1.92. The summed E-state index contributed by atoms with van der Waals surface area (Å²) < 4.78 is 0. The minimum Gasteiger partial charge on any atom is -0.0795 e. The molecule has 0 amide bonds. The molecular formula is C15H18Si. The number of hydrogen-bond acceptors (Lipinski definition) is 0. The lowest BCUT2D eigenvalue weighted by atomic mass is 10.0. The lowest BCUT2D eigenvalue weighted by Crippen LogP contribution is -2.41. The van der Waals surface area contributed by atoms with Crippen LogP contribution in [0.3, 0.4) is 0 Å². The van der Waals surface area contributed by atoms with Crippen LogP contribution in [0, 0.1) is 0 Å². The second kappa shape index (κ2) is 3.10. The average molecular weight is 226 g/mol. The number of fused-ring (bicyclic) bond motifs is 4. The Morgan fingerprint density at radius 1 is 1.00 bits per heavy atom. The highest BCUT2D eigenvalue weighted by Gasteiger charge is 2.43. The van der Waals surface area contributed by atoms with Crippen molar-refractivity contribution in [3.63, 3.8) is 0 Å². The van der Waals surface area contributed by atoms with Gasteiger partial charge in [0.2, 0.25) is 0 Å². The van der Waals surface area contributed by atoms with Gasteiger partial charge in [-0.1, -0.05) is 54.4 Å². The van der Waals surface area contributed by atoms with Crippen molar-refractivity contribution in [1.82, 2.24) is 0 Å². The highest BCUT2D eigenvalue weighted by Crippen LogP contribution is 2.40. The monoisotopic (exact) mass is 226 g/mol. The molecule has 0 bridgehead atoms. The lowest BCUT2D eigenvalue weighted by molar-refractivity contribution is 0.935. The number of allylic oxidation sites excluding steroid dienone is 1. The fourth-order valence-electron chi connectivity index (χ4n) is 4.24. The van der Waals surface area contributed by atoms with Gasteiger partial charge in [0.15, 0.2) is 0 Å². The largest absolute Gasteiger partial charge is 0.0874 e. The molecule has 3 aliphatic rings. The second-order valence-electron chi connectivity index (χ2n) is 5.76. The molecule has 1 spiro atoms. The summed E-state index contributed by atoms with van der Waals surface area (Å²) in [5.74, 6) is 0. The van der Waals surface area contributed by atoms with Crippen molar-refractivity contribution in [2.75, 3.05) is 0 Å². The van der Waals surface area contributed by atoms with Crippen LogP contribution in [0.1, 0.15) is 29.5 Å². The molecule has 2 aliphatic heterocycles. The van der Waals surface area contributed by atoms with Gasteiger partial charge in [-0.2, -0.15) is 0 Å². The first-order valence-electron chi connectivity index (χ1n) is 6.71. The van der Waals surface area contributed by atoms with E-state index in [1.165, 1.54) is 25.7 Å². The van der Waals surface area contributed by atoms with Crippen molar-refractivity contribution in [1.29, 1.82) is 0 Å². The van der Waals surface area contributed by atoms with Crippen molar-refractivity contribution in [2.45, 2.75) is 43.8 Å². The maximum Gasteiger partial charge on any atom is 0.0874 e. The summed E-state index contributed by atoms with van der Waals surface area (Å²) in [5.41, 5.74) is 4.97. The summed E-state index contributed by atoms with van der Waals surface area (Å²) in [6, 6.07) is 9.68. The molecule has 0 saturated carbocycles. The molecule has 0 N–H and O–H groups in total. The third-order valence-corrected chi connectivity index (χ3v) is 10.5. The first-order valence-corrected chi connectivity index (χ1v) is 9.33. The molecule has 2 heterocycles. The standard InChI is InChI=1S/C15H18Si/c1-2-10-16(9-1)11-8-14-13-5-3-4-12(13)6-7-15(14)16/h3,5-7H,1-2,4,8-11H2. The van der Waals surface area contributed by atoms with E-state index in [4.69, 9.17) is 0 Å². The van der Waals surface area contributed by atoms with Crippen molar-refractivity contribution in [3.8, 4) is 0 Å². The van der Waals surface area contributed by atoms with Gasteiger partial charge in [-0.25, -0.2) is 0 Å². The Morgan fingerprint density at radius 3 is 2.75 bits per heavy atom. The highest BCUT2D eigenvalue weighted by molar-refractivity contribution is 6.93. The van der Waals surface area contributed by atoms with Gasteiger partial charge in [-0.15, -0.1) is 0 Å². The third-order valence-electron chi connectivity index (χ3n) is 5.06. The first kappa shape index (κ1) is 9.23. The first-order chi connectivity index (χ1) is 7.89. The summed E-state index contributed by atoms with van der Waals surface area (Å²) in [7, 11) is -0.966. The minimum absolute atomic E-state index is 0.966. The SMILES string of the molecule is C1=Cc2c(ccc3c2CC[Si]32CCCC2)C1. The Kier molecular flexibility index (Phi) is 1.79. The molecule has 1 saturated heterocycles. The van der Waals surface area contributed by atoms with Gasteiger partial charge in [0.25, 0.3) is 0 Å². The zero-order chi connectivity index (χ0) is 10.6. The molecule has 82 valence electrons. The van der Waals surface area contributed by atoms with Crippen LogP contribution in [0.15, 0.2) is 18.2 Å². The van der Waals surface area contributed by atoms with Gasteiger partial charge in [0, 0.05) is 0 Å². The third kappa shape index (κ3) is 1.05. The number of benzene rings is 1. The molecule has 0 nitrogen and oxygen atoms in total. The van der Waals surface area contributed by atoms with Crippen LogP contribution in [-0.2, 0) is 12.8 Å². The van der Waals surface area contributed by atoms with E-state index in [9.17, 15) is 0 Å². The van der Waals surface area contributed by atoms with Gasteiger partial charge >= 0.3 is 0 Å². The molecule has 4 rings (SSSR count). The van der Waals surface area contributed by atoms with E-state index in [1.54, 1.807) is 34.8 Å². The lowest BCUT2D eigenvalue weighted by Gasteiger charge is -2.22. The quantitative estimate of drug-likeness (QED) is 0.596. The molecule has 1 aromatic carbocycles. The van der Waals surface area contributed by atoms with E-state index in [0.29, 0.717) is 0 Å². The zero-order valence-corrected chi connectivity index (χ0v) is 10.8. The number of hydrogen-bond donors (Lipinski definition) is 0. The van der Waals surface area contributed by atoms with Crippen LogP contribution < -0.4 is 5.19 Å². The summed E-state index contributed by atoms with van der Waals surface area (Å²) in [6.07, 6.45) is 10.3. The Labute approximate surface area is 98.4 Å². The van der Waals surface area contributed by atoms with E-state index in [-0.39, 0.29) is 0 Å². The van der Waals surface area contributed by atoms with Gasteiger partial charge in [-0.05, 0) is 35.6 Å². The normalized spacial score (nSPS) is 24.0. The Bertz CT molecular complexity index is 478. The van der Waals surface area contributed by atoms with Crippen LogP contribution in [0.4, 0.5) is 0 Å². The molecule has 0 unspecified atom stereocenters. The van der Waals surface area contributed by atoms with Crippen molar-refractivity contribution in [2.24, 2.45) is 0 Å². The van der Waals surface area contributed by atoms with E-state index in [0.717, 1.165) is 0 Å². The minimum atomic E-state index is -0.966. The number of rotatable bonds is 0. The molecule has 0 radical (unpaired) electrons. The van der Waals surface area contributed by atoms with Crippen molar-refractivity contribution >= 4 is 19.3 Å². The van der Waals surface area contributed by atoms with Gasteiger partial charge in [0.05, 0.1) is 8.07 Å². The predicted molar refractivity (Wildman–Crippen MR) is 71.9 cm³/mol. The van der Waals surface area contributed by atoms with Crippen LogP contribution in [0.2, 0.25) is 18.1 Å². The van der Waals surface area contributed by atoms with E-state index in [1.807, 2.05) is 5.19 Å². The van der Waals surface area contributed by atoms with Crippen LogP contribution in [-0.4, -0.2) is 8.07 Å². The predicted octanol–water partition coefficient (Wildman–Crippen LogP) is 3.26. The molecule has 1 fully saturated rings. The highest BCUT2D eigenvalue weighted by atomic mass is 28.3. The van der Waals surface area contributed by atoms with Crippen molar-refractivity contribution < 1.29 is 0 Å². The van der Waals surface area contributed by atoms with Crippen LogP contribution >= 0.6 is 0 Å². The molecule has 0 aromatic heterocycles. The van der Waals surface area contributed by atoms with Gasteiger partial charge < -0.3 is 0 Å². The summed E-state index contributed by atoms with van der Waals surface area (Å²) >= 11 is 0. The van der Waals surface area contributed by atoms with Crippen molar-refractivity contribution in [3.05, 3.63) is 34.9 Å². The summed E-state index contributed by atoms with van der Waals surface area (Å²) in [5, 5.41) is 1.86. The maximum atomic E-state index is 2.52. The molecule has 0 atom stereocenters. The fraction of sp³-hybridized carbons (Fsp3) is 0.467. The summed E-state index contributed by atoms with van der Waals surface area (Å²) in [4.78, 5) is 0. The van der Waals surface area contributed by atoms with E-state index >= 15 is 0 Å². The Hall–Kier alpha value is -0.823. The molecule has 1 heteroatoms. The average Bonchev–Trinajstić information content (AvgIpc) is 3.01. The molecule has 16 heavy (non-hydrogen) atoms. The molecular weight excluding hydrogens is 208 g/mol. The molecule has 1 aromatic rings. The topological polar surface area (TPSA) is 0 Å². The second-order valence-corrected chi connectivity index (χ2v) is 10.4. The van der Waals surface area contributed by atoms with E-state index in [2.05, 4.69) is 24.3 Å². The van der Waals surface area contributed by atoms with Gasteiger partial charge in [-0.3, -0.25) is 0 Å². The smallest absolute Gasteiger partial charge is 0.0795 e. The Morgan fingerprint density at radius 2 is 1.88 bits per heavy atom. The summed E-state index contributed by atoms with van der Waals surface area (Å²) in [6.45, 7) is 0.